The molecule has 1 heterocycles. The third-order valence-corrected chi connectivity index (χ3v) is 3.04. The monoisotopic (exact) mass is 352 g/mol. The minimum absolute atomic E-state index is 0.150. The Balaban J connectivity index is 2.06. The minimum Gasteiger partial charge on any atom is -0.546 e. The van der Waals surface area contributed by atoms with Gasteiger partial charge in [0.2, 0.25) is 0 Å². The van der Waals surface area contributed by atoms with Crippen LogP contribution in [-0.2, 0) is 11.0 Å². The molecule has 6 nitrogen and oxygen atoms in total. The minimum atomic E-state index is -4.45. The van der Waals surface area contributed by atoms with Gasteiger partial charge >= 0.3 is 6.18 Å². The fraction of sp³-hybridized carbons (Fsp3) is 0.188. The molecule has 0 radical (unpaired) electrons. The third kappa shape index (κ3) is 5.48. The van der Waals surface area contributed by atoms with Crippen LogP contribution in [0.5, 0.6) is 5.75 Å². The first kappa shape index (κ1) is 18.2. The van der Waals surface area contributed by atoms with Crippen LogP contribution in [0.1, 0.15) is 18.1 Å². The van der Waals surface area contributed by atoms with Crippen molar-refractivity contribution >= 4 is 17.5 Å². The zero-order valence-corrected chi connectivity index (χ0v) is 13.0. The molecule has 9 heteroatoms. The molecular weight excluding hydrogens is 339 g/mol. The Hall–Kier alpha value is -3.10. The second-order valence-corrected chi connectivity index (χ2v) is 4.93. The number of hydrogen-bond acceptors (Lipinski definition) is 6. The molecule has 0 saturated carbocycles. The number of alkyl halides is 3. The molecule has 2 aromatic rings. The second-order valence-electron chi connectivity index (χ2n) is 4.93. The number of anilines is 1. The number of aliphatic carboxylic acids is 1. The van der Waals surface area contributed by atoms with Crippen molar-refractivity contribution in [1.82, 2.24) is 4.98 Å². The molecule has 0 unspecified atom stereocenters. The van der Waals surface area contributed by atoms with Crippen LogP contribution < -0.4 is 15.3 Å². The highest BCUT2D eigenvalue weighted by atomic mass is 19.4. The summed E-state index contributed by atoms with van der Waals surface area (Å²) in [6.07, 6.45) is -3.74. The van der Waals surface area contributed by atoms with E-state index in [1.165, 1.54) is 6.07 Å². The lowest BCUT2D eigenvalue weighted by atomic mass is 10.1. The van der Waals surface area contributed by atoms with Crippen LogP contribution in [0.25, 0.3) is 0 Å². The fourth-order valence-electron chi connectivity index (χ4n) is 1.79. The van der Waals surface area contributed by atoms with E-state index < -0.39 is 24.3 Å². The van der Waals surface area contributed by atoms with Crippen molar-refractivity contribution in [2.75, 3.05) is 12.0 Å². The van der Waals surface area contributed by atoms with Crippen molar-refractivity contribution in [3.8, 4) is 5.75 Å². The molecule has 0 aliphatic rings. The topological polar surface area (TPSA) is 86.6 Å². The molecule has 1 aromatic heterocycles. The highest BCUT2D eigenvalue weighted by Crippen LogP contribution is 2.28. The van der Waals surface area contributed by atoms with Crippen LogP contribution in [0, 0.1) is 0 Å². The van der Waals surface area contributed by atoms with Crippen LogP contribution in [0.15, 0.2) is 47.7 Å². The smallest absolute Gasteiger partial charge is 0.417 e. The molecule has 25 heavy (non-hydrogen) atoms. The summed E-state index contributed by atoms with van der Waals surface area (Å²) >= 11 is 0. The van der Waals surface area contributed by atoms with Gasteiger partial charge < -0.3 is 14.6 Å². The SMILES string of the molecule is C/C(=N/Nc1ccc(C(F)(F)F)cn1)c1cccc(OCC(=O)[O-])c1. The summed E-state index contributed by atoms with van der Waals surface area (Å²) in [6.45, 7) is 1.09. The lowest BCUT2D eigenvalue weighted by molar-refractivity contribution is -0.307. The Kier molecular flexibility index (Phi) is 5.58. The number of carboxylic acid groups (broad SMARTS) is 1. The second kappa shape index (κ2) is 7.65. The first-order chi connectivity index (χ1) is 11.8. The van der Waals surface area contributed by atoms with Gasteiger partial charge in [-0.1, -0.05) is 12.1 Å². The highest BCUT2D eigenvalue weighted by molar-refractivity contribution is 5.99. The van der Waals surface area contributed by atoms with Gasteiger partial charge in [0.15, 0.2) is 0 Å². The third-order valence-electron chi connectivity index (χ3n) is 3.04. The standard InChI is InChI=1S/C16H14F3N3O3/c1-10(11-3-2-4-13(7-11)25-9-15(23)24)21-22-14-6-5-12(8-20-14)16(17,18)19/h2-8H,9H2,1H3,(H,20,22)(H,23,24)/p-1/b21-10-. The van der Waals surface area contributed by atoms with Crippen molar-refractivity contribution in [1.29, 1.82) is 0 Å². The maximum Gasteiger partial charge on any atom is 0.417 e. The number of nitrogens with zero attached hydrogens (tertiary/aromatic N) is 2. The lowest BCUT2D eigenvalue weighted by Crippen LogP contribution is -2.28. The summed E-state index contributed by atoms with van der Waals surface area (Å²) < 4.78 is 42.4. The highest BCUT2D eigenvalue weighted by Gasteiger charge is 2.30. The molecule has 132 valence electrons. The number of rotatable bonds is 6. The zero-order chi connectivity index (χ0) is 18.4. The van der Waals surface area contributed by atoms with Crippen LogP contribution >= 0.6 is 0 Å². The average Bonchev–Trinajstić information content (AvgIpc) is 2.57. The largest absolute Gasteiger partial charge is 0.546 e. The van der Waals surface area contributed by atoms with Gasteiger partial charge in [-0.25, -0.2) is 4.98 Å². The summed E-state index contributed by atoms with van der Waals surface area (Å²) in [4.78, 5) is 14.0. The molecule has 0 aliphatic carbocycles. The van der Waals surface area contributed by atoms with Gasteiger partial charge in [-0.3, -0.25) is 5.43 Å². The van der Waals surface area contributed by atoms with Gasteiger partial charge in [0.1, 0.15) is 18.2 Å². The molecule has 0 spiro atoms. The van der Waals surface area contributed by atoms with Crippen LogP contribution in [0.2, 0.25) is 0 Å². The van der Waals surface area contributed by atoms with E-state index in [1.54, 1.807) is 31.2 Å². The Morgan fingerprint density at radius 1 is 1.32 bits per heavy atom. The number of pyridine rings is 1. The Morgan fingerprint density at radius 3 is 2.68 bits per heavy atom. The zero-order valence-electron chi connectivity index (χ0n) is 13.0. The predicted octanol–water partition coefficient (Wildman–Crippen LogP) is 2.07. The number of ether oxygens (including phenoxy) is 1. The number of carboxylic acids is 1. The fourth-order valence-corrected chi connectivity index (χ4v) is 1.79. The Labute approximate surface area is 141 Å². The summed E-state index contributed by atoms with van der Waals surface area (Å²) in [7, 11) is 0. The number of hydrazone groups is 1. The number of carbonyl (C=O) groups excluding carboxylic acids is 1. The number of benzene rings is 1. The number of carbonyl (C=O) groups is 1. The van der Waals surface area contributed by atoms with Crippen LogP contribution in [0.3, 0.4) is 0 Å². The summed E-state index contributed by atoms with van der Waals surface area (Å²) in [5.74, 6) is -0.869. The maximum atomic E-state index is 12.5. The van der Waals surface area contributed by atoms with E-state index in [1.807, 2.05) is 0 Å². The van der Waals surface area contributed by atoms with Gasteiger partial charge in [-0.05, 0) is 31.2 Å². The Morgan fingerprint density at radius 2 is 2.08 bits per heavy atom. The van der Waals surface area contributed by atoms with Crippen LogP contribution in [0.4, 0.5) is 19.0 Å². The molecule has 1 aromatic carbocycles. The number of nitrogens with one attached hydrogen (secondary N) is 1. The molecule has 2 rings (SSSR count). The van der Waals surface area contributed by atoms with E-state index >= 15 is 0 Å². The van der Waals surface area contributed by atoms with Gasteiger partial charge in [0.25, 0.3) is 0 Å². The first-order valence-corrected chi connectivity index (χ1v) is 7.02. The molecule has 0 atom stereocenters. The van der Waals surface area contributed by atoms with E-state index in [2.05, 4.69) is 15.5 Å². The lowest BCUT2D eigenvalue weighted by Gasteiger charge is -2.09. The molecule has 0 amide bonds. The normalized spacial score (nSPS) is 11.9. The molecule has 0 aliphatic heterocycles. The van der Waals surface area contributed by atoms with Crippen molar-refractivity contribution in [3.63, 3.8) is 0 Å². The van der Waals surface area contributed by atoms with E-state index in [-0.39, 0.29) is 5.82 Å². The van der Waals surface area contributed by atoms with Gasteiger partial charge in [0, 0.05) is 11.8 Å². The molecule has 0 saturated heterocycles. The van der Waals surface area contributed by atoms with Crippen molar-refractivity contribution < 1.29 is 27.8 Å². The maximum absolute atomic E-state index is 12.5. The van der Waals surface area contributed by atoms with Crippen LogP contribution in [-0.4, -0.2) is 23.3 Å². The number of hydrogen-bond donors (Lipinski definition) is 1. The quantitative estimate of drug-likeness (QED) is 0.635. The predicted molar refractivity (Wildman–Crippen MR) is 82.0 cm³/mol. The molecule has 1 N–H and O–H groups in total. The van der Waals surface area contributed by atoms with Crippen molar-refractivity contribution in [2.24, 2.45) is 5.10 Å². The van der Waals surface area contributed by atoms with E-state index in [4.69, 9.17) is 4.74 Å². The van der Waals surface area contributed by atoms with E-state index in [0.717, 1.165) is 6.07 Å². The first-order valence-electron chi connectivity index (χ1n) is 7.02. The Bertz CT molecular complexity index is 774. The van der Waals surface area contributed by atoms with Gasteiger partial charge in [-0.15, -0.1) is 0 Å². The van der Waals surface area contributed by atoms with E-state index in [0.29, 0.717) is 23.2 Å². The average molecular weight is 352 g/mol. The van der Waals surface area contributed by atoms with Gasteiger partial charge in [0.05, 0.1) is 17.2 Å². The molecule has 0 fully saturated rings. The molecule has 0 bridgehead atoms. The van der Waals surface area contributed by atoms with Crippen molar-refractivity contribution in [3.05, 3.63) is 53.7 Å². The summed E-state index contributed by atoms with van der Waals surface area (Å²) in [5, 5.41) is 14.4. The van der Waals surface area contributed by atoms with E-state index in [9.17, 15) is 23.1 Å². The van der Waals surface area contributed by atoms with Gasteiger partial charge in [-0.2, -0.15) is 18.3 Å². The van der Waals surface area contributed by atoms with Crippen molar-refractivity contribution in [2.45, 2.75) is 13.1 Å². The number of halogens is 3. The number of aromatic nitrogens is 1. The summed E-state index contributed by atoms with van der Waals surface area (Å²) in [6, 6.07) is 8.57. The summed E-state index contributed by atoms with van der Waals surface area (Å²) in [5.41, 5.74) is 2.84. The molecular formula is C16H13F3N3O3-.